The van der Waals surface area contributed by atoms with E-state index in [9.17, 15) is 24.3 Å². The molecule has 2 aromatic rings. The van der Waals surface area contributed by atoms with Crippen molar-refractivity contribution in [2.75, 3.05) is 18.4 Å². The van der Waals surface area contributed by atoms with Crippen molar-refractivity contribution in [2.24, 2.45) is 22.7 Å². The van der Waals surface area contributed by atoms with E-state index in [1.807, 2.05) is 13.8 Å². The minimum Gasteiger partial charge on any atom is -0.390 e. The molecule has 1 unspecified atom stereocenters. The van der Waals surface area contributed by atoms with Gasteiger partial charge in [0.2, 0.25) is 17.7 Å². The van der Waals surface area contributed by atoms with Crippen LogP contribution in [0.2, 0.25) is 0 Å². The van der Waals surface area contributed by atoms with Gasteiger partial charge >= 0.3 is 0 Å². The second-order valence-electron chi connectivity index (χ2n) is 14.1. The predicted octanol–water partition coefficient (Wildman–Crippen LogP) is 5.27. The molecule has 1 saturated carbocycles. The van der Waals surface area contributed by atoms with E-state index in [1.165, 1.54) is 24.5 Å². The maximum atomic E-state index is 15.7. The first-order chi connectivity index (χ1) is 22.7. The fraction of sp³-hybridized carbons (Fsp3) is 0.611. The van der Waals surface area contributed by atoms with Crippen molar-refractivity contribution in [3.05, 3.63) is 47.5 Å². The monoisotopic (exact) mass is 666 g/mol. The summed E-state index contributed by atoms with van der Waals surface area (Å²) in [6.45, 7) is 11.9. The third-order valence-corrected chi connectivity index (χ3v) is 9.93. The Morgan fingerprint density at radius 3 is 2.38 bits per heavy atom. The fourth-order valence-electron chi connectivity index (χ4n) is 6.56. The van der Waals surface area contributed by atoms with E-state index in [0.717, 1.165) is 25.7 Å². The number of nitrogens with zero attached hydrogens (tertiary/aromatic N) is 4. The highest BCUT2D eigenvalue weighted by molar-refractivity contribution is 6.06. The number of piperidine rings is 1. The molecule has 4 rings (SSSR count). The molecule has 1 aromatic carbocycles. The molecule has 2 aliphatic rings. The quantitative estimate of drug-likeness (QED) is 0.279. The molecule has 1 aliphatic carbocycles. The highest BCUT2D eigenvalue weighted by Crippen LogP contribution is 2.34. The topological polar surface area (TPSA) is 146 Å². The highest BCUT2D eigenvalue weighted by atomic mass is 19.1. The summed E-state index contributed by atoms with van der Waals surface area (Å²) in [5, 5.41) is 20.1. The number of aromatic nitrogens is 2. The van der Waals surface area contributed by atoms with Crippen molar-refractivity contribution >= 4 is 35.5 Å². The number of amides is 4. The van der Waals surface area contributed by atoms with E-state index in [-0.39, 0.29) is 35.9 Å². The third kappa shape index (κ3) is 9.15. The van der Waals surface area contributed by atoms with Crippen LogP contribution >= 0.6 is 0 Å². The number of benzene rings is 1. The van der Waals surface area contributed by atoms with Crippen LogP contribution in [-0.2, 0) is 14.4 Å². The Morgan fingerprint density at radius 1 is 1.10 bits per heavy atom. The van der Waals surface area contributed by atoms with E-state index in [1.54, 1.807) is 42.5 Å². The van der Waals surface area contributed by atoms with Gasteiger partial charge in [0.1, 0.15) is 17.6 Å². The molecule has 0 radical (unpaired) electrons. The van der Waals surface area contributed by atoms with E-state index >= 15 is 4.39 Å². The van der Waals surface area contributed by atoms with E-state index in [0.29, 0.717) is 43.1 Å². The van der Waals surface area contributed by atoms with Gasteiger partial charge in [-0.3, -0.25) is 23.9 Å². The molecule has 1 aromatic heterocycles. The zero-order valence-electron chi connectivity index (χ0n) is 29.0. The molecule has 0 bridgehead atoms. The molecule has 0 spiro atoms. The van der Waals surface area contributed by atoms with Crippen LogP contribution in [0.3, 0.4) is 0 Å². The Morgan fingerprint density at radius 2 is 1.77 bits per heavy atom. The van der Waals surface area contributed by atoms with Crippen molar-refractivity contribution in [3.8, 4) is 0 Å². The number of aliphatic imine (C=N–C) groups is 1. The number of anilines is 1. The third-order valence-electron chi connectivity index (χ3n) is 9.93. The molecule has 2 heterocycles. The minimum atomic E-state index is -0.931. The van der Waals surface area contributed by atoms with Crippen LogP contribution in [0, 0.1) is 23.6 Å². The Bertz CT molecular complexity index is 1490. The van der Waals surface area contributed by atoms with Crippen molar-refractivity contribution in [1.29, 1.82) is 0 Å². The number of halogens is 1. The van der Waals surface area contributed by atoms with Crippen molar-refractivity contribution < 1.29 is 28.7 Å². The van der Waals surface area contributed by atoms with Gasteiger partial charge in [-0.2, -0.15) is 5.10 Å². The smallest absolute Gasteiger partial charge is 0.294 e. The highest BCUT2D eigenvalue weighted by Gasteiger charge is 2.36. The molecule has 2 fully saturated rings. The summed E-state index contributed by atoms with van der Waals surface area (Å²) in [6, 6.07) is 5.01. The average molecular weight is 667 g/mol. The summed E-state index contributed by atoms with van der Waals surface area (Å²) < 4.78 is 17.2. The van der Waals surface area contributed by atoms with Crippen LogP contribution in [0.5, 0.6) is 0 Å². The van der Waals surface area contributed by atoms with Gasteiger partial charge in [0.15, 0.2) is 0 Å². The summed E-state index contributed by atoms with van der Waals surface area (Å²) in [7, 11) is 0. The van der Waals surface area contributed by atoms with Gasteiger partial charge in [0, 0.05) is 43.9 Å². The number of nitrogens with one attached hydrogen (secondary N) is 2. The molecule has 262 valence electrons. The SMILES string of the molecule is CCC(=O)N[C@@H](C(=O)N1CCC(C)(O)CC1)[C@@H](C)c1ccc(NC(=O)C(C=NC(=O)c2ccnn2C(C)C)[C@H]2CC[C@H](C)CC2)c(F)c1. The summed E-state index contributed by atoms with van der Waals surface area (Å²) in [5.41, 5.74) is -0.0636. The number of hydrogen-bond donors (Lipinski definition) is 3. The molecule has 3 N–H and O–H groups in total. The summed E-state index contributed by atoms with van der Waals surface area (Å²) >= 11 is 0. The Kier molecular flexibility index (Phi) is 12.3. The second kappa shape index (κ2) is 16.0. The normalized spacial score (nSPS) is 21.5. The number of likely N-dealkylation sites (tertiary alicyclic amines) is 1. The van der Waals surface area contributed by atoms with Gasteiger partial charge in [-0.1, -0.05) is 39.7 Å². The molecular weight excluding hydrogens is 615 g/mol. The molecule has 12 heteroatoms. The first-order valence-corrected chi connectivity index (χ1v) is 17.2. The number of hydrogen-bond acceptors (Lipinski definition) is 6. The van der Waals surface area contributed by atoms with Crippen LogP contribution in [0.4, 0.5) is 10.1 Å². The van der Waals surface area contributed by atoms with E-state index in [4.69, 9.17) is 0 Å². The van der Waals surface area contributed by atoms with Crippen LogP contribution in [0.15, 0.2) is 35.5 Å². The van der Waals surface area contributed by atoms with Gasteiger partial charge in [-0.15, -0.1) is 0 Å². The van der Waals surface area contributed by atoms with Gasteiger partial charge in [-0.05, 0) is 82.1 Å². The van der Waals surface area contributed by atoms with Crippen LogP contribution < -0.4 is 10.6 Å². The predicted molar refractivity (Wildman–Crippen MR) is 182 cm³/mol. The maximum absolute atomic E-state index is 15.7. The molecule has 1 aliphatic heterocycles. The lowest BCUT2D eigenvalue weighted by atomic mass is 9.76. The van der Waals surface area contributed by atoms with E-state index in [2.05, 4.69) is 27.6 Å². The number of carbonyl (C=O) groups is 4. The van der Waals surface area contributed by atoms with Gasteiger partial charge in [0.25, 0.3) is 5.91 Å². The molecule has 11 nitrogen and oxygen atoms in total. The minimum absolute atomic E-state index is 0.0264. The zero-order valence-corrected chi connectivity index (χ0v) is 29.0. The molecule has 4 amide bonds. The molecule has 48 heavy (non-hydrogen) atoms. The standard InChI is InChI=1S/C36H51FN6O5/c1-7-31(44)41-32(35(47)42-18-15-36(6,48)16-19-42)24(5)26-12-13-29(28(37)20-26)40-33(45)27(25-10-8-23(4)9-11-25)21-38-34(46)30-14-17-39-43(30)22(2)3/h12-14,17,20-25,27,32,48H,7-11,15-16,18-19H2,1-6H3,(H,40,45)(H,41,44)/t23-,24-,25-,27?,32+/m0/s1. The first-order valence-electron chi connectivity index (χ1n) is 17.2. The molecule has 1 saturated heterocycles. The zero-order chi connectivity index (χ0) is 35.2. The summed E-state index contributed by atoms with van der Waals surface area (Å²) in [6.07, 6.45) is 7.44. The Hall–Kier alpha value is -3.93. The van der Waals surface area contributed by atoms with E-state index < -0.39 is 41.1 Å². The summed E-state index contributed by atoms with van der Waals surface area (Å²) in [5.74, 6) is -3.05. The van der Waals surface area contributed by atoms with Crippen molar-refractivity contribution in [2.45, 2.75) is 110 Å². The lowest BCUT2D eigenvalue weighted by molar-refractivity contribution is -0.140. The van der Waals surface area contributed by atoms with Crippen molar-refractivity contribution in [1.82, 2.24) is 20.0 Å². The lowest BCUT2D eigenvalue weighted by Gasteiger charge is -2.38. The number of rotatable bonds is 11. The number of carbonyl (C=O) groups excluding carboxylic acids is 4. The largest absolute Gasteiger partial charge is 0.390 e. The fourth-order valence-corrected chi connectivity index (χ4v) is 6.56. The van der Waals surface area contributed by atoms with Gasteiger partial charge in [-0.25, -0.2) is 9.38 Å². The van der Waals surface area contributed by atoms with Crippen LogP contribution in [0.1, 0.15) is 114 Å². The molecule has 3 atom stereocenters. The average Bonchev–Trinajstić information content (AvgIpc) is 3.55. The summed E-state index contributed by atoms with van der Waals surface area (Å²) in [4.78, 5) is 58.5. The molecular formula is C36H51FN6O5. The lowest BCUT2D eigenvalue weighted by Crippen LogP contribution is -2.54. The Labute approximate surface area is 282 Å². The van der Waals surface area contributed by atoms with Gasteiger partial charge < -0.3 is 20.6 Å². The van der Waals surface area contributed by atoms with Crippen molar-refractivity contribution in [3.63, 3.8) is 0 Å². The Balaban J connectivity index is 1.53. The first kappa shape index (κ1) is 36.9. The maximum Gasteiger partial charge on any atom is 0.294 e. The van der Waals surface area contributed by atoms with Crippen LogP contribution in [-0.4, -0.2) is 74.4 Å². The van der Waals surface area contributed by atoms with Gasteiger partial charge in [0.05, 0.1) is 17.2 Å². The second-order valence-corrected chi connectivity index (χ2v) is 14.1. The van der Waals surface area contributed by atoms with Crippen LogP contribution in [0.25, 0.3) is 0 Å². The number of aliphatic hydroxyl groups is 1.